The molecule has 11 heteroatoms. The minimum absolute atomic E-state index is 0.128. The van der Waals surface area contributed by atoms with Crippen LogP contribution in [0.4, 0.5) is 15.6 Å². The maximum atomic E-state index is 13.1. The topological polar surface area (TPSA) is 127 Å². The second-order valence-electron chi connectivity index (χ2n) is 11.0. The lowest BCUT2D eigenvalue weighted by molar-refractivity contribution is 0.0518. The summed E-state index contributed by atoms with van der Waals surface area (Å²) in [5.41, 5.74) is 5.73. The number of hydrogen-bond donors (Lipinski definition) is 3. The van der Waals surface area contributed by atoms with Crippen molar-refractivity contribution in [1.82, 2.24) is 15.0 Å². The van der Waals surface area contributed by atoms with E-state index in [9.17, 15) is 13.2 Å². The first-order valence-electron chi connectivity index (χ1n) is 11.3. The van der Waals surface area contributed by atoms with Gasteiger partial charge >= 0.3 is 6.09 Å². The SMILES string of the molecule is CC(C)(C)NS(=O)(=O)c1cc(N)ccc1-c1cnc(N2CC3C(C2)C3NC(=O)OC(C)(C)C)s1. The molecule has 4 rings (SSSR count). The molecule has 1 amide bonds. The lowest BCUT2D eigenvalue weighted by Gasteiger charge is -2.22. The van der Waals surface area contributed by atoms with Gasteiger partial charge in [-0.15, -0.1) is 0 Å². The zero-order valence-electron chi connectivity index (χ0n) is 20.4. The quantitative estimate of drug-likeness (QED) is 0.529. The first-order valence-corrected chi connectivity index (χ1v) is 13.6. The molecule has 1 aliphatic carbocycles. The van der Waals surface area contributed by atoms with Crippen LogP contribution in [-0.2, 0) is 14.8 Å². The smallest absolute Gasteiger partial charge is 0.407 e. The van der Waals surface area contributed by atoms with Crippen LogP contribution in [0.5, 0.6) is 0 Å². The molecule has 2 unspecified atom stereocenters. The van der Waals surface area contributed by atoms with Crippen LogP contribution in [0.3, 0.4) is 0 Å². The molecule has 1 aromatic heterocycles. The van der Waals surface area contributed by atoms with E-state index >= 15 is 0 Å². The number of sulfonamides is 1. The molecule has 2 aromatic rings. The van der Waals surface area contributed by atoms with Crippen molar-refractivity contribution in [3.05, 3.63) is 24.4 Å². The lowest BCUT2D eigenvalue weighted by atomic mass is 10.1. The molecule has 0 radical (unpaired) electrons. The molecule has 1 saturated carbocycles. The maximum Gasteiger partial charge on any atom is 0.407 e. The third-order valence-corrected chi connectivity index (χ3v) is 8.53. The fourth-order valence-corrected chi connectivity index (χ4v) is 7.01. The minimum atomic E-state index is -3.78. The molecule has 4 N–H and O–H groups in total. The number of anilines is 2. The number of ether oxygens (including phenoxy) is 1. The van der Waals surface area contributed by atoms with E-state index in [4.69, 9.17) is 10.5 Å². The van der Waals surface area contributed by atoms with Crippen LogP contribution < -0.4 is 20.7 Å². The predicted octanol–water partition coefficient (Wildman–Crippen LogP) is 3.43. The van der Waals surface area contributed by atoms with Crippen molar-refractivity contribution in [2.45, 2.75) is 63.6 Å². The van der Waals surface area contributed by atoms with E-state index in [1.54, 1.807) is 39.1 Å². The minimum Gasteiger partial charge on any atom is -0.444 e. The Labute approximate surface area is 205 Å². The summed E-state index contributed by atoms with van der Waals surface area (Å²) >= 11 is 1.45. The lowest BCUT2D eigenvalue weighted by Crippen LogP contribution is -2.40. The number of fused-ring (bicyclic) bond motifs is 1. The van der Waals surface area contributed by atoms with Gasteiger partial charge in [0.15, 0.2) is 5.13 Å². The van der Waals surface area contributed by atoms with Crippen LogP contribution in [-0.4, -0.2) is 49.8 Å². The van der Waals surface area contributed by atoms with E-state index in [1.807, 2.05) is 20.8 Å². The van der Waals surface area contributed by atoms with Crippen molar-refractivity contribution in [3.63, 3.8) is 0 Å². The Morgan fingerprint density at radius 3 is 2.41 bits per heavy atom. The fraction of sp³-hybridized carbons (Fsp3) is 0.565. The standard InChI is InChI=1S/C23H33N5O4S2/c1-22(2,3)27-34(30,31)18-9-13(24)7-8-14(18)17-10-25-20(33-17)28-11-15-16(12-28)19(15)26-21(29)32-23(4,5)6/h7-10,15-16,19,27H,11-12,24H2,1-6H3,(H,26,29). The van der Waals surface area contributed by atoms with E-state index in [0.29, 0.717) is 23.1 Å². The molecule has 0 spiro atoms. The highest BCUT2D eigenvalue weighted by Crippen LogP contribution is 2.48. The van der Waals surface area contributed by atoms with Gasteiger partial charge in [0.05, 0.1) is 9.77 Å². The first-order chi connectivity index (χ1) is 15.6. The fourth-order valence-electron chi connectivity index (χ4n) is 4.30. The second-order valence-corrected chi connectivity index (χ2v) is 13.7. The molecular formula is C23H33N5O4S2. The molecule has 2 heterocycles. The van der Waals surface area contributed by atoms with Gasteiger partial charge in [-0.1, -0.05) is 17.4 Å². The van der Waals surface area contributed by atoms with E-state index in [2.05, 4.69) is 19.9 Å². The van der Waals surface area contributed by atoms with Crippen molar-refractivity contribution in [3.8, 4) is 10.4 Å². The Kier molecular flexibility index (Phi) is 6.10. The van der Waals surface area contributed by atoms with Crippen LogP contribution in [0.15, 0.2) is 29.3 Å². The van der Waals surface area contributed by atoms with Crippen LogP contribution in [0.1, 0.15) is 41.5 Å². The number of rotatable bonds is 5. The monoisotopic (exact) mass is 507 g/mol. The van der Waals surface area contributed by atoms with Gasteiger partial charge in [-0.05, 0) is 53.7 Å². The second kappa shape index (κ2) is 8.39. The third-order valence-electron chi connectivity index (χ3n) is 5.64. The summed E-state index contributed by atoms with van der Waals surface area (Å²) < 4.78 is 34.2. The molecule has 0 bridgehead atoms. The Hall–Kier alpha value is -2.37. The largest absolute Gasteiger partial charge is 0.444 e. The van der Waals surface area contributed by atoms with Crippen molar-refractivity contribution >= 4 is 38.3 Å². The van der Waals surface area contributed by atoms with E-state index in [0.717, 1.165) is 23.1 Å². The summed E-state index contributed by atoms with van der Waals surface area (Å²) in [6.45, 7) is 12.5. The Morgan fingerprint density at radius 1 is 1.18 bits per heavy atom. The molecule has 2 fully saturated rings. The van der Waals surface area contributed by atoms with Crippen LogP contribution in [0, 0.1) is 11.8 Å². The van der Waals surface area contributed by atoms with Gasteiger partial charge < -0.3 is 20.7 Å². The van der Waals surface area contributed by atoms with Gasteiger partial charge in [-0.2, -0.15) is 0 Å². The number of amides is 1. The Bertz CT molecular complexity index is 1180. The van der Waals surface area contributed by atoms with Gasteiger partial charge in [0.2, 0.25) is 10.0 Å². The normalized spacial score (nSPS) is 22.4. The van der Waals surface area contributed by atoms with Gasteiger partial charge in [0.25, 0.3) is 0 Å². The summed E-state index contributed by atoms with van der Waals surface area (Å²) in [5.74, 6) is 0.728. The number of carbonyl (C=O) groups is 1. The molecule has 9 nitrogen and oxygen atoms in total. The molecule has 1 aliphatic heterocycles. The number of nitrogens with one attached hydrogen (secondary N) is 2. The average Bonchev–Trinajstić information content (AvgIpc) is 3.06. The molecule has 1 saturated heterocycles. The number of nitrogens with zero attached hydrogens (tertiary/aromatic N) is 2. The summed E-state index contributed by atoms with van der Waals surface area (Å²) in [7, 11) is -3.78. The number of thiazole rings is 1. The van der Waals surface area contributed by atoms with Crippen molar-refractivity contribution < 1.29 is 17.9 Å². The number of hydrogen-bond acceptors (Lipinski definition) is 8. The predicted molar refractivity (Wildman–Crippen MR) is 134 cm³/mol. The number of nitrogens with two attached hydrogens (primary N) is 1. The van der Waals surface area contributed by atoms with Gasteiger partial charge in [0.1, 0.15) is 5.60 Å². The summed E-state index contributed by atoms with van der Waals surface area (Å²) in [4.78, 5) is 19.7. The van der Waals surface area contributed by atoms with E-state index in [-0.39, 0.29) is 17.0 Å². The summed E-state index contributed by atoms with van der Waals surface area (Å²) in [5, 5.41) is 3.81. The Morgan fingerprint density at radius 2 is 1.82 bits per heavy atom. The number of benzene rings is 1. The zero-order chi connectivity index (χ0) is 25.1. The van der Waals surface area contributed by atoms with Gasteiger partial charge in [-0.3, -0.25) is 0 Å². The van der Waals surface area contributed by atoms with Gasteiger partial charge in [-0.25, -0.2) is 22.9 Å². The van der Waals surface area contributed by atoms with E-state index < -0.39 is 21.2 Å². The van der Waals surface area contributed by atoms with Crippen LogP contribution in [0.25, 0.3) is 10.4 Å². The van der Waals surface area contributed by atoms with Crippen molar-refractivity contribution in [2.75, 3.05) is 23.7 Å². The molecular weight excluding hydrogens is 474 g/mol. The first kappa shape index (κ1) is 24.7. The highest BCUT2D eigenvalue weighted by molar-refractivity contribution is 7.89. The number of carbonyl (C=O) groups excluding carboxylic acids is 1. The number of nitrogen functional groups attached to an aromatic ring is 1. The number of piperidine rings is 1. The number of alkyl carbamates (subject to hydrolysis) is 1. The summed E-state index contributed by atoms with van der Waals surface area (Å²) in [6.07, 6.45) is 1.33. The Balaban J connectivity index is 1.47. The van der Waals surface area contributed by atoms with Crippen LogP contribution in [0.2, 0.25) is 0 Å². The van der Waals surface area contributed by atoms with Crippen molar-refractivity contribution in [1.29, 1.82) is 0 Å². The van der Waals surface area contributed by atoms with Crippen molar-refractivity contribution in [2.24, 2.45) is 11.8 Å². The molecule has 1 aromatic carbocycles. The molecule has 2 aliphatic rings. The highest BCUT2D eigenvalue weighted by Gasteiger charge is 2.57. The third kappa shape index (κ3) is 5.47. The molecule has 34 heavy (non-hydrogen) atoms. The average molecular weight is 508 g/mol. The number of aromatic nitrogens is 1. The summed E-state index contributed by atoms with van der Waals surface area (Å²) in [6, 6.07) is 5.04. The van der Waals surface area contributed by atoms with Crippen LogP contribution >= 0.6 is 11.3 Å². The zero-order valence-corrected chi connectivity index (χ0v) is 22.0. The maximum absolute atomic E-state index is 13.1. The molecule has 2 atom stereocenters. The highest BCUT2D eigenvalue weighted by atomic mass is 32.2. The molecule has 186 valence electrons. The van der Waals surface area contributed by atoms with Gasteiger partial charge in [0, 0.05) is 54.0 Å². The van der Waals surface area contributed by atoms with E-state index in [1.165, 1.54) is 17.4 Å².